The van der Waals surface area contributed by atoms with Gasteiger partial charge in [-0.05, 0) is 55.8 Å². The molecular formula is C25H28Cl2N4O4S. The molecule has 0 aliphatic heterocycles. The number of hydrogen-bond donors (Lipinski definition) is 2. The number of unbranched alkanes of at least 4 members (excludes halogenated alkanes) is 4. The van der Waals surface area contributed by atoms with Crippen molar-refractivity contribution in [2.75, 3.05) is 16.6 Å². The first-order valence-electron chi connectivity index (χ1n) is 11.6. The van der Waals surface area contributed by atoms with E-state index in [1.807, 2.05) is 0 Å². The molecule has 0 spiro atoms. The molecule has 11 heteroatoms. The lowest BCUT2D eigenvalue weighted by molar-refractivity contribution is 0.102. The van der Waals surface area contributed by atoms with Crippen LogP contribution in [-0.4, -0.2) is 30.9 Å². The first kappa shape index (κ1) is 27.7. The Balaban J connectivity index is 1.62. The van der Waals surface area contributed by atoms with E-state index in [1.54, 1.807) is 13.0 Å². The minimum Gasteiger partial charge on any atom is -0.490 e. The number of carbonyl (C=O) groups excluding carboxylic acids is 1. The van der Waals surface area contributed by atoms with E-state index < -0.39 is 15.9 Å². The van der Waals surface area contributed by atoms with Gasteiger partial charge in [-0.25, -0.2) is 23.1 Å². The van der Waals surface area contributed by atoms with E-state index in [0.717, 1.165) is 19.3 Å². The van der Waals surface area contributed by atoms with Crippen LogP contribution < -0.4 is 14.8 Å². The molecule has 8 nitrogen and oxygen atoms in total. The second-order valence-electron chi connectivity index (χ2n) is 8.14. The molecule has 0 saturated heterocycles. The fraction of sp³-hybridized carbons (Fsp3) is 0.320. The van der Waals surface area contributed by atoms with E-state index in [4.69, 9.17) is 27.9 Å². The van der Waals surface area contributed by atoms with E-state index in [-0.39, 0.29) is 26.5 Å². The first-order chi connectivity index (χ1) is 17.2. The maximum atomic E-state index is 12.7. The van der Waals surface area contributed by atoms with Crippen LogP contribution in [-0.2, 0) is 10.0 Å². The van der Waals surface area contributed by atoms with Gasteiger partial charge in [0.05, 0.1) is 21.5 Å². The molecule has 0 aliphatic carbocycles. The van der Waals surface area contributed by atoms with E-state index in [1.165, 1.54) is 55.4 Å². The number of nitrogens with zero attached hydrogens (tertiary/aromatic N) is 2. The molecule has 1 aromatic heterocycles. The molecule has 1 heterocycles. The van der Waals surface area contributed by atoms with E-state index in [9.17, 15) is 13.2 Å². The molecule has 192 valence electrons. The highest BCUT2D eigenvalue weighted by Crippen LogP contribution is 2.34. The van der Waals surface area contributed by atoms with Crippen LogP contribution >= 0.6 is 23.2 Å². The molecule has 2 N–H and O–H groups in total. The van der Waals surface area contributed by atoms with Gasteiger partial charge >= 0.3 is 0 Å². The Morgan fingerprint density at radius 2 is 1.67 bits per heavy atom. The average Bonchev–Trinajstić information content (AvgIpc) is 2.82. The molecule has 0 radical (unpaired) electrons. The van der Waals surface area contributed by atoms with Gasteiger partial charge < -0.3 is 10.1 Å². The molecule has 3 aromatic rings. The zero-order valence-electron chi connectivity index (χ0n) is 20.1. The van der Waals surface area contributed by atoms with Crippen LogP contribution in [0.5, 0.6) is 5.75 Å². The number of amides is 1. The van der Waals surface area contributed by atoms with Crippen molar-refractivity contribution in [2.24, 2.45) is 0 Å². The van der Waals surface area contributed by atoms with E-state index in [0.29, 0.717) is 23.7 Å². The van der Waals surface area contributed by atoms with Crippen molar-refractivity contribution in [3.63, 3.8) is 0 Å². The lowest BCUT2D eigenvalue weighted by atomic mass is 10.1. The predicted molar refractivity (Wildman–Crippen MR) is 143 cm³/mol. The molecule has 0 atom stereocenters. The summed E-state index contributed by atoms with van der Waals surface area (Å²) in [6, 6.07) is 10.3. The topological polar surface area (TPSA) is 110 Å². The number of aromatic nitrogens is 2. The molecule has 3 rings (SSSR count). The summed E-state index contributed by atoms with van der Waals surface area (Å²) in [4.78, 5) is 20.7. The number of sulfonamides is 1. The number of nitrogens with one attached hydrogen (secondary N) is 2. The molecule has 0 bridgehead atoms. The Bertz CT molecular complexity index is 1280. The average molecular weight is 551 g/mol. The monoisotopic (exact) mass is 550 g/mol. The van der Waals surface area contributed by atoms with Gasteiger partial charge in [0, 0.05) is 23.1 Å². The zero-order chi connectivity index (χ0) is 26.1. The van der Waals surface area contributed by atoms with Crippen molar-refractivity contribution in [2.45, 2.75) is 50.8 Å². The summed E-state index contributed by atoms with van der Waals surface area (Å²) in [5, 5.41) is 3.19. The maximum absolute atomic E-state index is 12.7. The smallest absolute Gasteiger partial charge is 0.264 e. The summed E-state index contributed by atoms with van der Waals surface area (Å²) < 4.78 is 33.2. The van der Waals surface area contributed by atoms with Crippen molar-refractivity contribution >= 4 is 50.8 Å². The second kappa shape index (κ2) is 12.9. The number of halogens is 2. The van der Waals surface area contributed by atoms with Crippen LogP contribution in [0.3, 0.4) is 0 Å². The number of rotatable bonds is 12. The van der Waals surface area contributed by atoms with Gasteiger partial charge in [0.15, 0.2) is 5.75 Å². The number of anilines is 2. The minimum atomic E-state index is -3.89. The van der Waals surface area contributed by atoms with Crippen LogP contribution in [0.25, 0.3) is 0 Å². The van der Waals surface area contributed by atoms with Gasteiger partial charge in [0.1, 0.15) is 0 Å². The molecule has 0 fully saturated rings. The largest absolute Gasteiger partial charge is 0.490 e. The third kappa shape index (κ3) is 7.81. The van der Waals surface area contributed by atoms with Gasteiger partial charge in [0.2, 0.25) is 5.95 Å². The van der Waals surface area contributed by atoms with Gasteiger partial charge in [-0.1, -0.05) is 55.8 Å². The van der Waals surface area contributed by atoms with Crippen molar-refractivity contribution < 1.29 is 17.9 Å². The van der Waals surface area contributed by atoms with Crippen LogP contribution in [0, 0.1) is 6.92 Å². The second-order valence-corrected chi connectivity index (χ2v) is 10.6. The zero-order valence-corrected chi connectivity index (χ0v) is 22.4. The molecule has 0 saturated carbocycles. The van der Waals surface area contributed by atoms with Crippen LogP contribution in [0.4, 0.5) is 11.6 Å². The summed E-state index contributed by atoms with van der Waals surface area (Å²) >= 11 is 12.6. The number of hydrogen-bond acceptors (Lipinski definition) is 6. The Morgan fingerprint density at radius 3 is 2.31 bits per heavy atom. The molecule has 0 aliphatic rings. The molecule has 0 unspecified atom stereocenters. The number of ether oxygens (including phenoxy) is 1. The SMILES string of the molecule is CCCCCCCOc1c(Cl)cc(C(=O)Nc2ccc(S(=O)(=O)Nc3nccc(C)n3)cc2)cc1Cl. The molecule has 36 heavy (non-hydrogen) atoms. The quantitative estimate of drug-likeness (QED) is 0.249. The number of carbonyl (C=O) groups is 1. The standard InChI is InChI=1S/C25H28Cl2N4O4S/c1-3-4-5-6-7-14-35-23-21(26)15-18(16-22(23)27)24(32)30-19-8-10-20(11-9-19)36(33,34)31-25-28-13-12-17(2)29-25/h8-13,15-16H,3-7,14H2,1-2H3,(H,30,32)(H,28,29,31). The molecule has 2 aromatic carbocycles. The fourth-order valence-corrected chi connectivity index (χ4v) is 4.85. The minimum absolute atomic E-state index is 0.00658. The van der Waals surface area contributed by atoms with Gasteiger partial charge in [-0.3, -0.25) is 4.79 Å². The molecular weight excluding hydrogens is 523 g/mol. The summed E-state index contributed by atoms with van der Waals surface area (Å²) in [7, 11) is -3.89. The summed E-state index contributed by atoms with van der Waals surface area (Å²) in [6.45, 7) is 4.39. The molecule has 1 amide bonds. The summed E-state index contributed by atoms with van der Waals surface area (Å²) in [5.74, 6) is -0.123. The normalized spacial score (nSPS) is 11.2. The Morgan fingerprint density at radius 1 is 1.00 bits per heavy atom. The highest BCUT2D eigenvalue weighted by Gasteiger charge is 2.17. The van der Waals surface area contributed by atoms with E-state index in [2.05, 4.69) is 26.9 Å². The van der Waals surface area contributed by atoms with Crippen molar-refractivity contribution in [3.8, 4) is 5.75 Å². The highest BCUT2D eigenvalue weighted by atomic mass is 35.5. The number of benzene rings is 2. The Labute approximate surface area is 221 Å². The third-order valence-electron chi connectivity index (χ3n) is 5.20. The Hall–Kier alpha value is -2.88. The lowest BCUT2D eigenvalue weighted by Crippen LogP contribution is -2.16. The summed E-state index contributed by atoms with van der Waals surface area (Å²) in [5.41, 5.74) is 1.27. The summed E-state index contributed by atoms with van der Waals surface area (Å²) in [6.07, 6.45) is 6.96. The lowest BCUT2D eigenvalue weighted by Gasteiger charge is -2.12. The van der Waals surface area contributed by atoms with Crippen molar-refractivity contribution in [1.82, 2.24) is 9.97 Å². The van der Waals surface area contributed by atoms with Crippen molar-refractivity contribution in [1.29, 1.82) is 0 Å². The van der Waals surface area contributed by atoms with Crippen LogP contribution in [0.2, 0.25) is 10.0 Å². The van der Waals surface area contributed by atoms with Crippen molar-refractivity contribution in [3.05, 3.63) is 70.0 Å². The predicted octanol–water partition coefficient (Wildman–Crippen LogP) is 6.49. The first-order valence-corrected chi connectivity index (χ1v) is 13.8. The van der Waals surface area contributed by atoms with Gasteiger partial charge in [0.25, 0.3) is 15.9 Å². The Kier molecular flexibility index (Phi) is 9.92. The van der Waals surface area contributed by atoms with Crippen LogP contribution in [0.1, 0.15) is 55.1 Å². The van der Waals surface area contributed by atoms with Crippen LogP contribution in [0.15, 0.2) is 53.6 Å². The maximum Gasteiger partial charge on any atom is 0.264 e. The van der Waals surface area contributed by atoms with Gasteiger partial charge in [-0.2, -0.15) is 0 Å². The third-order valence-corrected chi connectivity index (χ3v) is 7.10. The number of aryl methyl sites for hydroxylation is 1. The highest BCUT2D eigenvalue weighted by molar-refractivity contribution is 7.92. The van der Waals surface area contributed by atoms with Gasteiger partial charge in [-0.15, -0.1) is 0 Å². The fourth-order valence-electron chi connectivity index (χ4n) is 3.31. The van der Waals surface area contributed by atoms with E-state index >= 15 is 0 Å².